The van der Waals surface area contributed by atoms with Crippen LogP contribution < -0.4 is 5.63 Å². The van der Waals surface area contributed by atoms with Crippen molar-refractivity contribution in [1.82, 2.24) is 10.2 Å². The summed E-state index contributed by atoms with van der Waals surface area (Å²) in [5.41, 5.74) is 1.05. The van der Waals surface area contributed by atoms with Crippen molar-refractivity contribution in [2.24, 2.45) is 0 Å². The molecule has 3 aromatic heterocycles. The first kappa shape index (κ1) is 15.6. The second-order valence-corrected chi connectivity index (χ2v) is 7.66. The van der Waals surface area contributed by atoms with E-state index in [1.165, 1.54) is 17.8 Å². The van der Waals surface area contributed by atoms with Gasteiger partial charge in [0, 0.05) is 21.7 Å². The topological polar surface area (TPSA) is 69.1 Å². The number of hydrogen-bond donors (Lipinski definition) is 0. The Morgan fingerprint density at radius 1 is 1.17 bits per heavy atom. The SMILES string of the molecule is O=c1cc(CSc2nnc(-c3cccs3)o2)c2ccc(Br)cc2o1. The molecule has 5 nitrogen and oxygen atoms in total. The molecule has 0 radical (unpaired) electrons. The van der Waals surface area contributed by atoms with E-state index in [9.17, 15) is 4.79 Å². The van der Waals surface area contributed by atoms with Crippen LogP contribution in [-0.4, -0.2) is 10.2 Å². The molecule has 1 aromatic carbocycles. The van der Waals surface area contributed by atoms with Gasteiger partial charge in [-0.1, -0.05) is 33.8 Å². The van der Waals surface area contributed by atoms with E-state index in [-0.39, 0.29) is 5.63 Å². The molecule has 0 aliphatic carbocycles. The van der Waals surface area contributed by atoms with E-state index in [4.69, 9.17) is 8.83 Å². The van der Waals surface area contributed by atoms with Gasteiger partial charge < -0.3 is 8.83 Å². The Morgan fingerprint density at radius 2 is 2.08 bits per heavy atom. The molecule has 0 N–H and O–H groups in total. The van der Waals surface area contributed by atoms with E-state index in [2.05, 4.69) is 26.1 Å². The normalized spacial score (nSPS) is 11.2. The molecular weight excluding hydrogens is 412 g/mol. The summed E-state index contributed by atoms with van der Waals surface area (Å²) in [6.45, 7) is 0. The number of aromatic nitrogens is 2. The van der Waals surface area contributed by atoms with Gasteiger partial charge in [0.05, 0.1) is 4.88 Å². The van der Waals surface area contributed by atoms with Gasteiger partial charge in [-0.05, 0) is 35.2 Å². The average Bonchev–Trinajstić information content (AvgIpc) is 3.23. The molecule has 0 saturated carbocycles. The fraction of sp³-hybridized carbons (Fsp3) is 0.0625. The highest BCUT2D eigenvalue weighted by atomic mass is 79.9. The second-order valence-electron chi connectivity index (χ2n) is 4.87. The summed E-state index contributed by atoms with van der Waals surface area (Å²) >= 11 is 6.32. The molecule has 0 aliphatic heterocycles. The van der Waals surface area contributed by atoms with Crippen molar-refractivity contribution in [2.45, 2.75) is 11.0 Å². The monoisotopic (exact) mass is 420 g/mol. The first-order valence-corrected chi connectivity index (χ1v) is 9.57. The van der Waals surface area contributed by atoms with Crippen molar-refractivity contribution in [1.29, 1.82) is 0 Å². The predicted molar refractivity (Wildman–Crippen MR) is 97.4 cm³/mol. The third kappa shape index (κ3) is 3.17. The number of benzene rings is 1. The first-order chi connectivity index (χ1) is 11.7. The van der Waals surface area contributed by atoms with Gasteiger partial charge in [0.15, 0.2) is 0 Å². The van der Waals surface area contributed by atoms with Crippen LogP contribution >= 0.6 is 39.0 Å². The van der Waals surface area contributed by atoms with Crippen molar-refractivity contribution in [3.05, 3.63) is 62.2 Å². The van der Waals surface area contributed by atoms with Crippen LogP contribution in [0, 0.1) is 0 Å². The summed E-state index contributed by atoms with van der Waals surface area (Å²) < 4.78 is 11.8. The number of nitrogens with zero attached hydrogens (tertiary/aromatic N) is 2. The number of hydrogen-bond acceptors (Lipinski definition) is 7. The first-order valence-electron chi connectivity index (χ1n) is 6.91. The second kappa shape index (κ2) is 6.54. The van der Waals surface area contributed by atoms with Crippen molar-refractivity contribution in [3.8, 4) is 10.8 Å². The van der Waals surface area contributed by atoms with Crippen LogP contribution in [0.2, 0.25) is 0 Å². The van der Waals surface area contributed by atoms with Crippen LogP contribution in [0.3, 0.4) is 0 Å². The van der Waals surface area contributed by atoms with Crippen molar-refractivity contribution >= 4 is 50.0 Å². The molecule has 8 heteroatoms. The maximum absolute atomic E-state index is 11.7. The van der Waals surface area contributed by atoms with Gasteiger partial charge in [-0.15, -0.1) is 21.5 Å². The van der Waals surface area contributed by atoms with Gasteiger partial charge >= 0.3 is 5.63 Å². The number of thioether (sulfide) groups is 1. The van der Waals surface area contributed by atoms with Gasteiger partial charge in [-0.3, -0.25) is 0 Å². The Kier molecular flexibility index (Phi) is 4.26. The molecule has 0 spiro atoms. The predicted octanol–water partition coefficient (Wildman–Crippen LogP) is 4.96. The summed E-state index contributed by atoms with van der Waals surface area (Å²) in [6, 6.07) is 11.0. The maximum Gasteiger partial charge on any atom is 0.336 e. The van der Waals surface area contributed by atoms with Crippen LogP contribution in [0.4, 0.5) is 0 Å². The molecule has 0 aliphatic rings. The number of halogens is 1. The Balaban J connectivity index is 1.60. The third-order valence-electron chi connectivity index (χ3n) is 3.28. The minimum atomic E-state index is -0.374. The zero-order valence-electron chi connectivity index (χ0n) is 12.1. The Labute approximate surface area is 152 Å². The fourth-order valence-corrected chi connectivity index (χ4v) is 3.97. The molecule has 0 fully saturated rings. The summed E-state index contributed by atoms with van der Waals surface area (Å²) in [4.78, 5) is 12.7. The summed E-state index contributed by atoms with van der Waals surface area (Å²) in [5.74, 6) is 1.05. The lowest BCUT2D eigenvalue weighted by Crippen LogP contribution is -1.99. The minimum absolute atomic E-state index is 0.374. The van der Waals surface area contributed by atoms with Gasteiger partial charge in [0.1, 0.15) is 5.58 Å². The largest absolute Gasteiger partial charge is 0.423 e. The average molecular weight is 421 g/mol. The molecule has 120 valence electrons. The quantitative estimate of drug-likeness (QED) is 0.343. The van der Waals surface area contributed by atoms with Crippen molar-refractivity contribution in [3.63, 3.8) is 0 Å². The maximum atomic E-state index is 11.7. The van der Waals surface area contributed by atoms with Gasteiger partial charge in [0.2, 0.25) is 0 Å². The highest BCUT2D eigenvalue weighted by Gasteiger charge is 2.12. The molecule has 4 rings (SSSR count). The molecule has 24 heavy (non-hydrogen) atoms. The van der Waals surface area contributed by atoms with E-state index in [0.29, 0.717) is 22.4 Å². The highest BCUT2D eigenvalue weighted by molar-refractivity contribution is 9.10. The van der Waals surface area contributed by atoms with E-state index in [1.807, 2.05) is 29.6 Å². The van der Waals surface area contributed by atoms with Gasteiger partial charge in [0.25, 0.3) is 11.1 Å². The Hall–Kier alpha value is -1.90. The van der Waals surface area contributed by atoms with Crippen LogP contribution in [0.15, 0.2) is 65.1 Å². The lowest BCUT2D eigenvalue weighted by molar-refractivity contribution is 0.466. The van der Waals surface area contributed by atoms with E-state index >= 15 is 0 Å². The Bertz CT molecular complexity index is 1060. The van der Waals surface area contributed by atoms with Crippen LogP contribution in [-0.2, 0) is 5.75 Å². The minimum Gasteiger partial charge on any atom is -0.423 e. The van der Waals surface area contributed by atoms with Crippen molar-refractivity contribution in [2.75, 3.05) is 0 Å². The number of rotatable bonds is 4. The van der Waals surface area contributed by atoms with Crippen LogP contribution in [0.25, 0.3) is 21.7 Å². The molecule has 0 atom stereocenters. The Morgan fingerprint density at radius 3 is 2.92 bits per heavy atom. The number of fused-ring (bicyclic) bond motifs is 1. The zero-order valence-corrected chi connectivity index (χ0v) is 15.3. The van der Waals surface area contributed by atoms with Gasteiger partial charge in [-0.25, -0.2) is 4.79 Å². The lowest BCUT2D eigenvalue weighted by Gasteiger charge is -2.04. The third-order valence-corrected chi connectivity index (χ3v) is 5.50. The van der Waals surface area contributed by atoms with Crippen LogP contribution in [0.1, 0.15) is 5.56 Å². The smallest absolute Gasteiger partial charge is 0.336 e. The molecule has 0 amide bonds. The van der Waals surface area contributed by atoms with E-state index in [0.717, 1.165) is 20.3 Å². The highest BCUT2D eigenvalue weighted by Crippen LogP contribution is 2.30. The van der Waals surface area contributed by atoms with E-state index in [1.54, 1.807) is 17.4 Å². The summed E-state index contributed by atoms with van der Waals surface area (Å²) in [7, 11) is 0. The molecule has 3 heterocycles. The van der Waals surface area contributed by atoms with Crippen molar-refractivity contribution < 1.29 is 8.83 Å². The summed E-state index contributed by atoms with van der Waals surface area (Å²) in [6.07, 6.45) is 0. The molecule has 0 saturated heterocycles. The molecule has 0 unspecified atom stereocenters. The molecular formula is C16H9BrN2O3S2. The molecule has 4 aromatic rings. The van der Waals surface area contributed by atoms with Crippen LogP contribution in [0.5, 0.6) is 0 Å². The number of thiophene rings is 1. The lowest BCUT2D eigenvalue weighted by atomic mass is 10.1. The molecule has 0 bridgehead atoms. The fourth-order valence-electron chi connectivity index (χ4n) is 2.23. The summed E-state index contributed by atoms with van der Waals surface area (Å²) in [5, 5.41) is 11.4. The zero-order chi connectivity index (χ0) is 16.5. The standard InChI is InChI=1S/C16H9BrN2O3S2/c17-10-3-4-11-9(6-14(20)21-12(11)7-10)8-24-16-19-18-15(22-16)13-2-1-5-23-13/h1-7H,8H2. The van der Waals surface area contributed by atoms with Gasteiger partial charge in [-0.2, -0.15) is 0 Å². The van der Waals surface area contributed by atoms with E-state index < -0.39 is 0 Å².